The Labute approximate surface area is 173 Å². The lowest BCUT2D eigenvalue weighted by molar-refractivity contribution is -0.113. The molecule has 1 amide bonds. The lowest BCUT2D eigenvalue weighted by Crippen LogP contribution is -2.19. The molecule has 0 aliphatic rings. The first-order valence-corrected chi connectivity index (χ1v) is 10.3. The zero-order chi connectivity index (χ0) is 20.6. The molecule has 0 atom stereocenters. The highest BCUT2D eigenvalue weighted by Gasteiger charge is 2.11. The molecule has 0 saturated carbocycles. The molecule has 2 N–H and O–H groups in total. The van der Waals surface area contributed by atoms with Crippen LogP contribution in [0.25, 0.3) is 0 Å². The maximum Gasteiger partial charge on any atom is 0.255 e. The predicted molar refractivity (Wildman–Crippen MR) is 116 cm³/mol. The van der Waals surface area contributed by atoms with E-state index in [1.54, 1.807) is 24.3 Å². The van der Waals surface area contributed by atoms with Crippen molar-refractivity contribution in [2.75, 3.05) is 17.7 Å². The molecule has 1 heterocycles. The molecule has 3 aromatic rings. The van der Waals surface area contributed by atoms with E-state index in [-0.39, 0.29) is 17.2 Å². The number of hydrogen-bond donors (Lipinski definition) is 2. The van der Waals surface area contributed by atoms with E-state index >= 15 is 0 Å². The van der Waals surface area contributed by atoms with E-state index in [1.807, 2.05) is 44.2 Å². The number of nitrogens with zero attached hydrogens (tertiary/aromatic N) is 1. The Balaban J connectivity index is 1.59. The Morgan fingerprint density at radius 3 is 2.52 bits per heavy atom. The number of anilines is 1. The monoisotopic (exact) mass is 409 g/mol. The molecule has 7 heteroatoms. The number of H-pyrrole nitrogens is 1. The summed E-state index contributed by atoms with van der Waals surface area (Å²) in [6.07, 6.45) is 0.526. The number of amides is 1. The normalized spacial score (nSPS) is 10.6. The summed E-state index contributed by atoms with van der Waals surface area (Å²) in [6, 6.07) is 17.0. The van der Waals surface area contributed by atoms with Crippen LogP contribution in [0, 0.1) is 6.92 Å². The minimum absolute atomic E-state index is 0.146. The average Bonchev–Trinajstić information content (AvgIpc) is 2.72. The van der Waals surface area contributed by atoms with Gasteiger partial charge in [0.25, 0.3) is 5.56 Å². The van der Waals surface area contributed by atoms with Crippen LogP contribution in [-0.2, 0) is 11.2 Å². The molecule has 0 unspecified atom stereocenters. The van der Waals surface area contributed by atoms with Gasteiger partial charge in [-0.3, -0.25) is 9.59 Å². The second kappa shape index (κ2) is 9.93. The molecule has 0 spiro atoms. The number of hydrogen-bond acceptors (Lipinski definition) is 5. The van der Waals surface area contributed by atoms with E-state index in [4.69, 9.17) is 4.74 Å². The molecular formula is C22H23N3O3S. The maximum absolute atomic E-state index is 12.5. The van der Waals surface area contributed by atoms with Crippen LogP contribution >= 0.6 is 11.8 Å². The van der Waals surface area contributed by atoms with Crippen LogP contribution in [0.1, 0.15) is 23.7 Å². The second-order valence-corrected chi connectivity index (χ2v) is 7.36. The van der Waals surface area contributed by atoms with Crippen molar-refractivity contribution >= 4 is 23.4 Å². The molecule has 0 aliphatic carbocycles. The van der Waals surface area contributed by atoms with Gasteiger partial charge in [-0.25, -0.2) is 4.98 Å². The van der Waals surface area contributed by atoms with E-state index in [9.17, 15) is 9.59 Å². The van der Waals surface area contributed by atoms with Gasteiger partial charge in [0.15, 0.2) is 5.16 Å². The summed E-state index contributed by atoms with van der Waals surface area (Å²) in [5.74, 6) is 0.730. The molecule has 150 valence electrons. The third-order valence-corrected chi connectivity index (χ3v) is 5.09. The zero-order valence-corrected chi connectivity index (χ0v) is 17.2. The smallest absolute Gasteiger partial charge is 0.255 e. The summed E-state index contributed by atoms with van der Waals surface area (Å²) >= 11 is 1.20. The summed E-state index contributed by atoms with van der Waals surface area (Å²) in [5, 5.41) is 3.26. The van der Waals surface area contributed by atoms with E-state index in [0.717, 1.165) is 11.3 Å². The number of nitrogens with one attached hydrogen (secondary N) is 2. The fraction of sp³-hybridized carbons (Fsp3) is 0.227. The Hall–Kier alpha value is -3.06. The summed E-state index contributed by atoms with van der Waals surface area (Å²) in [5.41, 5.74) is 2.88. The van der Waals surface area contributed by atoms with Gasteiger partial charge in [-0.1, -0.05) is 42.1 Å². The number of rotatable bonds is 8. The first-order chi connectivity index (χ1) is 14.0. The third kappa shape index (κ3) is 5.96. The van der Waals surface area contributed by atoms with E-state index in [1.165, 1.54) is 11.8 Å². The number of ether oxygens (including phenoxy) is 1. The van der Waals surface area contributed by atoms with Gasteiger partial charge in [0.2, 0.25) is 5.91 Å². The fourth-order valence-corrected chi connectivity index (χ4v) is 3.50. The van der Waals surface area contributed by atoms with Crippen LogP contribution in [-0.4, -0.2) is 28.2 Å². The number of aryl methyl sites for hydroxylation is 1. The van der Waals surface area contributed by atoms with Crippen LogP contribution in [0.4, 0.5) is 5.69 Å². The molecular weight excluding hydrogens is 386 g/mol. The van der Waals surface area contributed by atoms with Crippen molar-refractivity contribution in [1.82, 2.24) is 9.97 Å². The Bertz CT molecular complexity index is 1020. The summed E-state index contributed by atoms with van der Waals surface area (Å²) < 4.78 is 5.38. The molecule has 0 fully saturated rings. The van der Waals surface area contributed by atoms with Gasteiger partial charge in [0.05, 0.1) is 12.4 Å². The number of thioether (sulfide) groups is 1. The molecule has 0 aliphatic heterocycles. The highest BCUT2D eigenvalue weighted by molar-refractivity contribution is 7.99. The number of aromatic amines is 1. The van der Waals surface area contributed by atoms with Crippen molar-refractivity contribution in [2.24, 2.45) is 0 Å². The standard InChI is InChI=1S/C22H23N3O3S/c1-3-28-18-11-9-17(10-12-18)24-20(26)14-29-22-23-15(2)19(21(27)25-22)13-16-7-5-4-6-8-16/h4-12H,3,13-14H2,1-2H3,(H,24,26)(H,23,25,27). The van der Waals surface area contributed by atoms with Crippen molar-refractivity contribution in [3.8, 4) is 5.75 Å². The van der Waals surface area contributed by atoms with Crippen molar-refractivity contribution < 1.29 is 9.53 Å². The molecule has 29 heavy (non-hydrogen) atoms. The second-order valence-electron chi connectivity index (χ2n) is 6.39. The van der Waals surface area contributed by atoms with Crippen LogP contribution in [0.3, 0.4) is 0 Å². The van der Waals surface area contributed by atoms with Gasteiger partial charge in [-0.2, -0.15) is 0 Å². The average molecular weight is 410 g/mol. The van der Waals surface area contributed by atoms with Gasteiger partial charge in [0, 0.05) is 23.4 Å². The lowest BCUT2D eigenvalue weighted by Gasteiger charge is -2.08. The zero-order valence-electron chi connectivity index (χ0n) is 16.4. The summed E-state index contributed by atoms with van der Waals surface area (Å²) in [7, 11) is 0. The van der Waals surface area contributed by atoms with Gasteiger partial charge < -0.3 is 15.0 Å². The topological polar surface area (TPSA) is 84.1 Å². The number of carbonyl (C=O) groups is 1. The molecule has 2 aromatic carbocycles. The fourth-order valence-electron chi connectivity index (χ4n) is 2.79. The first kappa shape index (κ1) is 20.7. The Kier molecular flexibility index (Phi) is 7.08. The van der Waals surface area contributed by atoms with Crippen LogP contribution < -0.4 is 15.6 Å². The lowest BCUT2D eigenvalue weighted by atomic mass is 10.1. The van der Waals surface area contributed by atoms with Gasteiger partial charge in [0.1, 0.15) is 5.75 Å². The first-order valence-electron chi connectivity index (χ1n) is 9.34. The maximum atomic E-state index is 12.5. The summed E-state index contributed by atoms with van der Waals surface area (Å²) in [4.78, 5) is 31.9. The molecule has 0 bridgehead atoms. The van der Waals surface area contributed by atoms with Crippen molar-refractivity contribution in [3.05, 3.63) is 81.8 Å². The van der Waals surface area contributed by atoms with Crippen molar-refractivity contribution in [3.63, 3.8) is 0 Å². The highest BCUT2D eigenvalue weighted by Crippen LogP contribution is 2.18. The largest absolute Gasteiger partial charge is 0.494 e. The molecule has 6 nitrogen and oxygen atoms in total. The van der Waals surface area contributed by atoms with Crippen LogP contribution in [0.5, 0.6) is 5.75 Å². The third-order valence-electron chi connectivity index (χ3n) is 4.21. The van der Waals surface area contributed by atoms with Crippen molar-refractivity contribution in [1.29, 1.82) is 0 Å². The van der Waals surface area contributed by atoms with E-state index < -0.39 is 0 Å². The minimum atomic E-state index is -0.173. The number of aromatic nitrogens is 2. The van der Waals surface area contributed by atoms with Gasteiger partial charge in [-0.15, -0.1) is 0 Å². The van der Waals surface area contributed by atoms with Gasteiger partial charge >= 0.3 is 0 Å². The molecule has 1 aromatic heterocycles. The Morgan fingerprint density at radius 1 is 1.14 bits per heavy atom. The Morgan fingerprint density at radius 2 is 1.86 bits per heavy atom. The summed E-state index contributed by atoms with van der Waals surface area (Å²) in [6.45, 7) is 4.33. The molecule has 0 saturated heterocycles. The highest BCUT2D eigenvalue weighted by atomic mass is 32.2. The number of carbonyl (C=O) groups excluding carboxylic acids is 1. The van der Waals surface area contributed by atoms with E-state index in [0.29, 0.717) is 35.1 Å². The van der Waals surface area contributed by atoms with Crippen LogP contribution in [0.2, 0.25) is 0 Å². The molecule has 3 rings (SSSR count). The van der Waals surface area contributed by atoms with E-state index in [2.05, 4.69) is 15.3 Å². The SMILES string of the molecule is CCOc1ccc(NC(=O)CSc2nc(C)c(Cc3ccccc3)c(=O)[nH]2)cc1. The van der Waals surface area contributed by atoms with Gasteiger partial charge in [-0.05, 0) is 43.7 Å². The van der Waals surface area contributed by atoms with Crippen LogP contribution in [0.15, 0.2) is 64.5 Å². The quantitative estimate of drug-likeness (QED) is 0.437. The van der Waals surface area contributed by atoms with Crippen molar-refractivity contribution in [2.45, 2.75) is 25.4 Å². The minimum Gasteiger partial charge on any atom is -0.494 e. The molecule has 0 radical (unpaired) electrons. The predicted octanol–water partition coefficient (Wildman–Crippen LogP) is 3.80. The number of benzene rings is 2.